The van der Waals surface area contributed by atoms with Gasteiger partial charge >= 0.3 is 0 Å². The number of hydrogen-bond donors (Lipinski definition) is 1. The maximum absolute atomic E-state index is 11.4. The number of hydrogen-bond acceptors (Lipinski definition) is 3. The third-order valence-electron chi connectivity index (χ3n) is 3.94. The second-order valence-corrected chi connectivity index (χ2v) is 5.55. The first kappa shape index (κ1) is 13.1. The molecule has 0 amide bonds. The number of phenols is 1. The molecule has 2 rings (SSSR count). The van der Waals surface area contributed by atoms with Crippen LogP contribution in [0.4, 0.5) is 0 Å². The third-order valence-corrected chi connectivity index (χ3v) is 3.94. The number of aromatic hydroxyl groups is 1. The predicted molar refractivity (Wildman–Crippen MR) is 71.7 cm³/mol. The molecule has 98 valence electrons. The van der Waals surface area contributed by atoms with E-state index in [4.69, 9.17) is 0 Å². The highest BCUT2D eigenvalue weighted by molar-refractivity contribution is 5.94. The number of phenolic OH excluding ortho intramolecular Hbond substituents is 1. The van der Waals surface area contributed by atoms with Crippen LogP contribution in [-0.4, -0.2) is 28.9 Å². The lowest BCUT2D eigenvalue weighted by molar-refractivity contribution is 0.101. The Morgan fingerprint density at radius 1 is 1.33 bits per heavy atom. The van der Waals surface area contributed by atoms with Crippen LogP contribution in [0.5, 0.6) is 5.75 Å². The van der Waals surface area contributed by atoms with Crippen LogP contribution >= 0.6 is 0 Å². The Morgan fingerprint density at radius 2 is 1.94 bits per heavy atom. The topological polar surface area (TPSA) is 40.5 Å². The van der Waals surface area contributed by atoms with Gasteiger partial charge in [-0.3, -0.25) is 9.69 Å². The number of rotatable bonds is 3. The number of nitrogens with zero attached hydrogens (tertiary/aromatic N) is 1. The van der Waals surface area contributed by atoms with Crippen LogP contribution in [0.3, 0.4) is 0 Å². The van der Waals surface area contributed by atoms with Crippen molar-refractivity contribution in [1.29, 1.82) is 0 Å². The van der Waals surface area contributed by atoms with Gasteiger partial charge in [0.25, 0.3) is 0 Å². The van der Waals surface area contributed by atoms with Crippen LogP contribution in [0.1, 0.15) is 36.7 Å². The number of ketones is 1. The summed E-state index contributed by atoms with van der Waals surface area (Å²) in [4.78, 5) is 13.7. The molecule has 1 N–H and O–H groups in total. The van der Waals surface area contributed by atoms with E-state index in [1.807, 2.05) is 6.07 Å². The van der Waals surface area contributed by atoms with Crippen molar-refractivity contribution >= 4 is 5.78 Å². The van der Waals surface area contributed by atoms with Crippen LogP contribution in [0, 0.1) is 11.8 Å². The lowest BCUT2D eigenvalue weighted by Gasteiger charge is -2.16. The molecule has 1 aromatic rings. The highest BCUT2D eigenvalue weighted by Crippen LogP contribution is 2.27. The van der Waals surface area contributed by atoms with Crippen molar-refractivity contribution in [3.8, 4) is 5.75 Å². The van der Waals surface area contributed by atoms with Crippen molar-refractivity contribution in [2.45, 2.75) is 27.3 Å². The summed E-state index contributed by atoms with van der Waals surface area (Å²) in [7, 11) is 0. The van der Waals surface area contributed by atoms with Gasteiger partial charge in [0.1, 0.15) is 5.75 Å². The van der Waals surface area contributed by atoms with Gasteiger partial charge in [-0.2, -0.15) is 0 Å². The number of likely N-dealkylation sites (tertiary alicyclic amines) is 1. The van der Waals surface area contributed by atoms with Crippen LogP contribution in [0.15, 0.2) is 18.2 Å². The molecule has 0 radical (unpaired) electrons. The summed E-state index contributed by atoms with van der Waals surface area (Å²) in [6.45, 7) is 8.92. The Hall–Kier alpha value is -1.35. The first-order valence-corrected chi connectivity index (χ1v) is 6.52. The van der Waals surface area contributed by atoms with Gasteiger partial charge in [0.2, 0.25) is 0 Å². The third kappa shape index (κ3) is 2.72. The molecule has 0 aliphatic carbocycles. The van der Waals surface area contributed by atoms with E-state index in [1.54, 1.807) is 19.1 Å². The molecular formula is C15H21NO2. The van der Waals surface area contributed by atoms with E-state index in [1.165, 1.54) is 0 Å². The van der Waals surface area contributed by atoms with Crippen molar-refractivity contribution in [3.05, 3.63) is 29.3 Å². The quantitative estimate of drug-likeness (QED) is 0.835. The van der Waals surface area contributed by atoms with Gasteiger partial charge in [-0.15, -0.1) is 0 Å². The van der Waals surface area contributed by atoms with Crippen molar-refractivity contribution in [2.24, 2.45) is 11.8 Å². The van der Waals surface area contributed by atoms with E-state index in [0.717, 1.165) is 25.2 Å². The summed E-state index contributed by atoms with van der Waals surface area (Å²) in [6.07, 6.45) is 0. The molecule has 0 aromatic heterocycles. The highest BCUT2D eigenvalue weighted by atomic mass is 16.3. The van der Waals surface area contributed by atoms with E-state index < -0.39 is 0 Å². The molecule has 1 heterocycles. The SMILES string of the molecule is CC(=O)c1ccc(O)c(CN2CC(C)C(C)C2)c1. The van der Waals surface area contributed by atoms with Gasteiger partial charge in [0.15, 0.2) is 5.78 Å². The van der Waals surface area contributed by atoms with Crippen LogP contribution in [0.25, 0.3) is 0 Å². The van der Waals surface area contributed by atoms with E-state index in [2.05, 4.69) is 18.7 Å². The van der Waals surface area contributed by atoms with Gasteiger partial charge in [0, 0.05) is 30.8 Å². The average molecular weight is 247 g/mol. The van der Waals surface area contributed by atoms with E-state index >= 15 is 0 Å². The van der Waals surface area contributed by atoms with Gasteiger partial charge < -0.3 is 5.11 Å². The standard InChI is InChI=1S/C15H21NO2/c1-10-7-16(8-11(10)2)9-14-6-13(12(3)17)4-5-15(14)18/h4-6,10-11,18H,7-9H2,1-3H3. The Balaban J connectivity index is 2.14. The smallest absolute Gasteiger partial charge is 0.159 e. The maximum Gasteiger partial charge on any atom is 0.159 e. The summed E-state index contributed by atoms with van der Waals surface area (Å²) >= 11 is 0. The zero-order valence-corrected chi connectivity index (χ0v) is 11.3. The molecule has 2 atom stereocenters. The minimum absolute atomic E-state index is 0.0411. The largest absolute Gasteiger partial charge is 0.508 e. The zero-order valence-electron chi connectivity index (χ0n) is 11.3. The molecule has 0 saturated carbocycles. The van der Waals surface area contributed by atoms with Gasteiger partial charge in [0.05, 0.1) is 0 Å². The van der Waals surface area contributed by atoms with Crippen molar-refractivity contribution < 1.29 is 9.90 Å². The summed E-state index contributed by atoms with van der Waals surface area (Å²) in [5.74, 6) is 1.72. The zero-order chi connectivity index (χ0) is 13.3. The number of benzene rings is 1. The van der Waals surface area contributed by atoms with Crippen molar-refractivity contribution in [3.63, 3.8) is 0 Å². The molecule has 0 bridgehead atoms. The van der Waals surface area contributed by atoms with Crippen LogP contribution in [0.2, 0.25) is 0 Å². The normalized spacial score (nSPS) is 24.4. The Morgan fingerprint density at radius 3 is 2.50 bits per heavy atom. The molecule has 3 nitrogen and oxygen atoms in total. The van der Waals surface area contributed by atoms with Gasteiger partial charge in [-0.1, -0.05) is 13.8 Å². The maximum atomic E-state index is 11.4. The Bertz CT molecular complexity index is 446. The fourth-order valence-corrected chi connectivity index (χ4v) is 2.55. The summed E-state index contributed by atoms with van der Waals surface area (Å²) in [5, 5.41) is 9.87. The number of Topliss-reactive ketones (excluding diaryl/α,β-unsaturated/α-hetero) is 1. The Labute approximate surface area is 108 Å². The molecule has 1 saturated heterocycles. The molecular weight excluding hydrogens is 226 g/mol. The fraction of sp³-hybridized carbons (Fsp3) is 0.533. The predicted octanol–water partition coefficient (Wildman–Crippen LogP) is 2.68. The summed E-state index contributed by atoms with van der Waals surface area (Å²) in [5.41, 5.74) is 1.52. The molecule has 18 heavy (non-hydrogen) atoms. The summed E-state index contributed by atoms with van der Waals surface area (Å²) < 4.78 is 0. The average Bonchev–Trinajstić information content (AvgIpc) is 2.61. The van der Waals surface area contributed by atoms with Gasteiger partial charge in [-0.25, -0.2) is 0 Å². The van der Waals surface area contributed by atoms with Gasteiger partial charge in [-0.05, 0) is 37.0 Å². The lowest BCUT2D eigenvalue weighted by atomic mass is 10.0. The molecule has 1 aliphatic rings. The van der Waals surface area contributed by atoms with Crippen molar-refractivity contribution in [2.75, 3.05) is 13.1 Å². The van der Waals surface area contributed by atoms with Crippen LogP contribution in [-0.2, 0) is 6.54 Å². The monoisotopic (exact) mass is 247 g/mol. The molecule has 1 fully saturated rings. The molecule has 1 aliphatic heterocycles. The lowest BCUT2D eigenvalue weighted by Crippen LogP contribution is -2.20. The summed E-state index contributed by atoms with van der Waals surface area (Å²) in [6, 6.07) is 5.11. The number of carbonyl (C=O) groups excluding carboxylic acids is 1. The fourth-order valence-electron chi connectivity index (χ4n) is 2.55. The first-order valence-electron chi connectivity index (χ1n) is 6.52. The van der Waals surface area contributed by atoms with E-state index in [-0.39, 0.29) is 11.5 Å². The van der Waals surface area contributed by atoms with Crippen LogP contribution < -0.4 is 0 Å². The number of carbonyl (C=O) groups is 1. The van der Waals surface area contributed by atoms with E-state index in [9.17, 15) is 9.90 Å². The minimum Gasteiger partial charge on any atom is -0.508 e. The molecule has 3 heteroatoms. The van der Waals surface area contributed by atoms with E-state index in [0.29, 0.717) is 17.4 Å². The second kappa shape index (κ2) is 5.11. The second-order valence-electron chi connectivity index (χ2n) is 5.55. The first-order chi connectivity index (χ1) is 8.47. The van der Waals surface area contributed by atoms with Crippen molar-refractivity contribution in [1.82, 2.24) is 4.90 Å². The minimum atomic E-state index is 0.0411. The highest BCUT2D eigenvalue weighted by Gasteiger charge is 2.26. The molecule has 2 unspecified atom stereocenters. The Kier molecular flexibility index (Phi) is 3.71. The molecule has 1 aromatic carbocycles. The molecule has 0 spiro atoms.